The van der Waals surface area contributed by atoms with Crippen molar-refractivity contribution in [2.24, 2.45) is 5.16 Å². The standard InChI is InChI=1S/C27H30N3O6P/c1-4-35-37(34,36-5-2)16-8-15-29-25-13-11-20(27(28-31)22-10-7-6-9-19(22)3)17-23(25)24-18-21(30(32)33)12-14-26(24)29/h6-7,9-14,17-18,31H,4-5,8,15-16H2,1-3H3/b28-27+. The number of nitro groups is 1. The average molecular weight is 524 g/mol. The van der Waals surface area contributed by atoms with E-state index < -0.39 is 12.5 Å². The SMILES string of the molecule is CCOP(=O)(CCCn1c2ccc(/C(=N\O)c3ccccc3C)cc2c2cc([N+](=O)[O-])ccc21)OCC. The molecule has 0 spiro atoms. The maximum atomic E-state index is 12.9. The lowest BCUT2D eigenvalue weighted by atomic mass is 9.97. The molecule has 9 nitrogen and oxygen atoms in total. The second kappa shape index (κ2) is 11.3. The van der Waals surface area contributed by atoms with Crippen molar-refractivity contribution < 1.29 is 23.7 Å². The normalized spacial score (nSPS) is 12.5. The van der Waals surface area contributed by atoms with Crippen molar-refractivity contribution in [3.63, 3.8) is 0 Å². The predicted octanol–water partition coefficient (Wildman–Crippen LogP) is 6.89. The molecule has 0 radical (unpaired) electrons. The van der Waals surface area contributed by atoms with Crippen molar-refractivity contribution in [1.29, 1.82) is 0 Å². The number of hydrogen-bond acceptors (Lipinski definition) is 7. The fourth-order valence-electron chi connectivity index (χ4n) is 4.68. The van der Waals surface area contributed by atoms with Gasteiger partial charge in [0.15, 0.2) is 0 Å². The van der Waals surface area contributed by atoms with E-state index in [1.165, 1.54) is 6.07 Å². The van der Waals surface area contributed by atoms with E-state index in [-0.39, 0.29) is 11.8 Å². The van der Waals surface area contributed by atoms with Crippen molar-refractivity contribution in [2.75, 3.05) is 19.4 Å². The van der Waals surface area contributed by atoms with Crippen LogP contribution in [0.5, 0.6) is 0 Å². The molecule has 0 aliphatic carbocycles. The zero-order valence-corrected chi connectivity index (χ0v) is 22.0. The first-order valence-corrected chi connectivity index (χ1v) is 13.9. The van der Waals surface area contributed by atoms with Crippen molar-refractivity contribution in [2.45, 2.75) is 33.7 Å². The summed E-state index contributed by atoms with van der Waals surface area (Å²) in [5.74, 6) is 0. The van der Waals surface area contributed by atoms with Crippen LogP contribution in [0.2, 0.25) is 0 Å². The number of nitro benzene ring substituents is 1. The number of non-ortho nitro benzene ring substituents is 1. The molecule has 10 heteroatoms. The Bertz CT molecular complexity index is 1520. The summed E-state index contributed by atoms with van der Waals surface area (Å²) in [6.07, 6.45) is 0.789. The van der Waals surface area contributed by atoms with Gasteiger partial charge in [-0.05, 0) is 51.0 Å². The van der Waals surface area contributed by atoms with Crippen LogP contribution in [-0.4, -0.2) is 39.8 Å². The fraction of sp³-hybridized carbons (Fsp3) is 0.296. The van der Waals surface area contributed by atoms with Crippen LogP contribution in [0.25, 0.3) is 21.8 Å². The molecule has 0 aliphatic heterocycles. The maximum Gasteiger partial charge on any atom is 0.330 e. The van der Waals surface area contributed by atoms with Gasteiger partial charge in [0.25, 0.3) is 5.69 Å². The van der Waals surface area contributed by atoms with Crippen LogP contribution in [0, 0.1) is 17.0 Å². The Morgan fingerprint density at radius 3 is 2.30 bits per heavy atom. The largest absolute Gasteiger partial charge is 0.410 e. The van der Waals surface area contributed by atoms with E-state index in [9.17, 15) is 19.9 Å². The highest BCUT2D eigenvalue weighted by Crippen LogP contribution is 2.48. The van der Waals surface area contributed by atoms with Crippen LogP contribution in [0.1, 0.15) is 37.0 Å². The highest BCUT2D eigenvalue weighted by atomic mass is 31.2. The van der Waals surface area contributed by atoms with Crippen molar-refractivity contribution >= 4 is 40.8 Å². The summed E-state index contributed by atoms with van der Waals surface area (Å²) in [6, 6.07) is 18.1. The van der Waals surface area contributed by atoms with E-state index in [2.05, 4.69) is 9.72 Å². The monoisotopic (exact) mass is 523 g/mol. The van der Waals surface area contributed by atoms with Crippen LogP contribution in [0.4, 0.5) is 5.69 Å². The topological polar surface area (TPSA) is 116 Å². The first kappa shape index (κ1) is 26.5. The minimum Gasteiger partial charge on any atom is -0.410 e. The smallest absolute Gasteiger partial charge is 0.330 e. The summed E-state index contributed by atoms with van der Waals surface area (Å²) in [4.78, 5) is 11.1. The molecule has 1 heterocycles. The van der Waals surface area contributed by atoms with Gasteiger partial charge < -0.3 is 18.8 Å². The first-order valence-electron chi connectivity index (χ1n) is 12.2. The molecular formula is C27H30N3O6P. The van der Waals surface area contributed by atoms with Gasteiger partial charge in [0, 0.05) is 51.6 Å². The third-order valence-corrected chi connectivity index (χ3v) is 8.47. The zero-order valence-electron chi connectivity index (χ0n) is 21.1. The Labute approximate surface area is 215 Å². The molecule has 1 N–H and O–H groups in total. The number of nitrogens with zero attached hydrogens (tertiary/aromatic N) is 3. The van der Waals surface area contributed by atoms with E-state index in [1.54, 1.807) is 26.0 Å². The van der Waals surface area contributed by atoms with E-state index in [0.29, 0.717) is 42.8 Å². The van der Waals surface area contributed by atoms with E-state index >= 15 is 0 Å². The number of benzene rings is 3. The Hall–Kier alpha value is -3.52. The highest BCUT2D eigenvalue weighted by molar-refractivity contribution is 7.53. The maximum absolute atomic E-state index is 12.9. The van der Waals surface area contributed by atoms with Crippen LogP contribution in [-0.2, 0) is 20.2 Å². The van der Waals surface area contributed by atoms with Gasteiger partial charge in [0.1, 0.15) is 5.71 Å². The highest BCUT2D eigenvalue weighted by Gasteiger charge is 2.24. The summed E-state index contributed by atoms with van der Waals surface area (Å²) in [5, 5.41) is 26.5. The van der Waals surface area contributed by atoms with Gasteiger partial charge in [0.2, 0.25) is 0 Å². The lowest BCUT2D eigenvalue weighted by molar-refractivity contribution is -0.384. The summed E-state index contributed by atoms with van der Waals surface area (Å²) in [5.41, 5.74) is 4.53. The molecule has 0 amide bonds. The molecule has 194 valence electrons. The van der Waals surface area contributed by atoms with Crippen molar-refractivity contribution in [3.8, 4) is 0 Å². The molecule has 4 aromatic rings. The predicted molar refractivity (Wildman–Crippen MR) is 145 cm³/mol. The molecule has 37 heavy (non-hydrogen) atoms. The summed E-state index contributed by atoms with van der Waals surface area (Å²) in [7, 11) is -3.19. The molecule has 0 unspecified atom stereocenters. The van der Waals surface area contributed by atoms with Gasteiger partial charge in [-0.15, -0.1) is 0 Å². The van der Waals surface area contributed by atoms with Gasteiger partial charge in [-0.25, -0.2) is 0 Å². The molecule has 0 atom stereocenters. The number of rotatable bonds is 11. The third kappa shape index (κ3) is 5.44. The van der Waals surface area contributed by atoms with Crippen LogP contribution in [0.3, 0.4) is 0 Å². The van der Waals surface area contributed by atoms with E-state index in [4.69, 9.17) is 9.05 Å². The quantitative estimate of drug-likeness (QED) is 0.0752. The minimum absolute atomic E-state index is 0.0101. The summed E-state index contributed by atoms with van der Waals surface area (Å²) < 4.78 is 25.8. The van der Waals surface area contributed by atoms with Crippen LogP contribution >= 0.6 is 7.60 Å². The molecule has 1 aromatic heterocycles. The second-order valence-corrected chi connectivity index (χ2v) is 10.8. The summed E-state index contributed by atoms with van der Waals surface area (Å²) in [6.45, 7) is 6.62. The lowest BCUT2D eigenvalue weighted by Crippen LogP contribution is -2.06. The number of aromatic nitrogens is 1. The van der Waals surface area contributed by atoms with Crippen LogP contribution < -0.4 is 0 Å². The number of oxime groups is 1. The zero-order chi connectivity index (χ0) is 26.6. The molecule has 0 saturated carbocycles. The van der Waals surface area contributed by atoms with Crippen molar-refractivity contribution in [1.82, 2.24) is 4.57 Å². The number of fused-ring (bicyclic) bond motifs is 3. The molecule has 4 rings (SSSR count). The molecular weight excluding hydrogens is 493 g/mol. The number of aryl methyl sites for hydroxylation is 2. The van der Waals surface area contributed by atoms with Gasteiger partial charge in [-0.2, -0.15) is 0 Å². The first-order chi connectivity index (χ1) is 17.8. The summed E-state index contributed by atoms with van der Waals surface area (Å²) >= 11 is 0. The van der Waals surface area contributed by atoms with Gasteiger partial charge in [-0.1, -0.05) is 35.5 Å². The Morgan fingerprint density at radius 1 is 1.03 bits per heavy atom. The molecule has 0 fully saturated rings. The molecule has 0 saturated heterocycles. The van der Waals surface area contributed by atoms with E-state index in [1.807, 2.05) is 49.4 Å². The van der Waals surface area contributed by atoms with Gasteiger partial charge in [-0.3, -0.25) is 14.7 Å². The van der Waals surface area contributed by atoms with E-state index in [0.717, 1.165) is 27.5 Å². The van der Waals surface area contributed by atoms with Crippen LogP contribution in [0.15, 0.2) is 65.8 Å². The average Bonchev–Trinajstić information content (AvgIpc) is 3.18. The molecule has 3 aromatic carbocycles. The van der Waals surface area contributed by atoms with Gasteiger partial charge >= 0.3 is 7.60 Å². The molecule has 0 aliphatic rings. The molecule has 0 bridgehead atoms. The Balaban J connectivity index is 1.80. The van der Waals surface area contributed by atoms with Crippen molar-refractivity contribution in [3.05, 3.63) is 87.5 Å². The lowest BCUT2D eigenvalue weighted by Gasteiger charge is -2.17. The minimum atomic E-state index is -3.19. The second-order valence-electron chi connectivity index (χ2n) is 8.63. The fourth-order valence-corrected chi connectivity index (χ4v) is 6.33. The van der Waals surface area contributed by atoms with Gasteiger partial charge in [0.05, 0.1) is 24.3 Å². The Morgan fingerprint density at radius 2 is 1.68 bits per heavy atom. The Kier molecular flexibility index (Phi) is 8.07. The number of hydrogen-bond donors (Lipinski definition) is 1. The third-order valence-electron chi connectivity index (χ3n) is 6.30.